The number of rotatable bonds is 5. The van der Waals surface area contributed by atoms with E-state index in [4.69, 9.17) is 0 Å². The van der Waals surface area contributed by atoms with E-state index in [2.05, 4.69) is 35.0 Å². The predicted molar refractivity (Wildman–Crippen MR) is 74.3 cm³/mol. The van der Waals surface area contributed by atoms with Gasteiger partial charge in [-0.1, -0.05) is 18.2 Å². The molecule has 0 radical (unpaired) electrons. The highest BCUT2D eigenvalue weighted by molar-refractivity contribution is 7.10. The Morgan fingerprint density at radius 3 is 2.88 bits per heavy atom. The van der Waals surface area contributed by atoms with Crippen molar-refractivity contribution in [1.29, 1.82) is 0 Å². The Bertz CT molecular complexity index is 364. The minimum absolute atomic E-state index is 0.640. The first-order chi connectivity index (χ1) is 8.43. The summed E-state index contributed by atoms with van der Waals surface area (Å²) in [4.78, 5) is 1.54. The SMILES string of the molecule is C1=CCC(CNC(c2cccs2)C2CC2)CC1. The van der Waals surface area contributed by atoms with Gasteiger partial charge < -0.3 is 5.32 Å². The third-order valence-corrected chi connectivity index (χ3v) is 4.90. The van der Waals surface area contributed by atoms with Crippen LogP contribution in [-0.4, -0.2) is 6.54 Å². The molecule has 2 aliphatic rings. The molecule has 1 aromatic heterocycles. The summed E-state index contributed by atoms with van der Waals surface area (Å²) in [5, 5.41) is 6.03. The summed E-state index contributed by atoms with van der Waals surface area (Å²) in [6, 6.07) is 5.11. The first-order valence-electron chi connectivity index (χ1n) is 6.85. The Kier molecular flexibility index (Phi) is 3.62. The number of nitrogens with one attached hydrogen (secondary N) is 1. The second-order valence-corrected chi connectivity index (χ2v) is 6.37. The highest BCUT2D eigenvalue weighted by atomic mass is 32.1. The van der Waals surface area contributed by atoms with E-state index in [9.17, 15) is 0 Å². The lowest BCUT2D eigenvalue weighted by Crippen LogP contribution is -2.28. The van der Waals surface area contributed by atoms with E-state index in [1.165, 1.54) is 38.6 Å². The van der Waals surface area contributed by atoms with Crippen LogP contribution in [0.15, 0.2) is 29.7 Å². The summed E-state index contributed by atoms with van der Waals surface area (Å²) in [7, 11) is 0. The number of hydrogen-bond acceptors (Lipinski definition) is 2. The van der Waals surface area contributed by atoms with Gasteiger partial charge in [0.1, 0.15) is 0 Å². The number of allylic oxidation sites excluding steroid dienone is 2. The summed E-state index contributed by atoms with van der Waals surface area (Å²) in [5.41, 5.74) is 0. The van der Waals surface area contributed by atoms with Gasteiger partial charge in [0.05, 0.1) is 0 Å². The van der Waals surface area contributed by atoms with Crippen LogP contribution in [0.25, 0.3) is 0 Å². The van der Waals surface area contributed by atoms with Crippen molar-refractivity contribution in [3.8, 4) is 0 Å². The normalized spacial score (nSPS) is 26.0. The number of hydrogen-bond donors (Lipinski definition) is 1. The molecule has 2 atom stereocenters. The van der Waals surface area contributed by atoms with Gasteiger partial charge in [0.15, 0.2) is 0 Å². The van der Waals surface area contributed by atoms with Crippen molar-refractivity contribution in [3.05, 3.63) is 34.5 Å². The zero-order chi connectivity index (χ0) is 11.5. The Labute approximate surface area is 108 Å². The molecule has 0 saturated heterocycles. The summed E-state index contributed by atoms with van der Waals surface area (Å²) in [6.45, 7) is 1.20. The molecule has 1 N–H and O–H groups in total. The zero-order valence-corrected chi connectivity index (χ0v) is 11.1. The van der Waals surface area contributed by atoms with Crippen LogP contribution in [0.3, 0.4) is 0 Å². The fraction of sp³-hybridized carbons (Fsp3) is 0.600. The van der Waals surface area contributed by atoms with E-state index in [0.717, 1.165) is 11.8 Å². The lowest BCUT2D eigenvalue weighted by atomic mass is 9.94. The van der Waals surface area contributed by atoms with Gasteiger partial charge in [-0.2, -0.15) is 0 Å². The Morgan fingerprint density at radius 2 is 2.24 bits per heavy atom. The van der Waals surface area contributed by atoms with E-state index in [-0.39, 0.29) is 0 Å². The smallest absolute Gasteiger partial charge is 0.0443 e. The van der Waals surface area contributed by atoms with Crippen LogP contribution in [0.2, 0.25) is 0 Å². The molecule has 1 fully saturated rings. The van der Waals surface area contributed by atoms with Crippen LogP contribution in [0.5, 0.6) is 0 Å². The van der Waals surface area contributed by atoms with Crippen LogP contribution in [-0.2, 0) is 0 Å². The van der Waals surface area contributed by atoms with Gasteiger partial charge in [-0.25, -0.2) is 0 Å². The van der Waals surface area contributed by atoms with Crippen molar-refractivity contribution in [2.75, 3.05) is 6.54 Å². The maximum Gasteiger partial charge on any atom is 0.0443 e. The highest BCUT2D eigenvalue weighted by Gasteiger charge is 2.32. The lowest BCUT2D eigenvalue weighted by molar-refractivity contribution is 0.390. The van der Waals surface area contributed by atoms with Gasteiger partial charge in [-0.15, -0.1) is 11.3 Å². The van der Waals surface area contributed by atoms with Gasteiger partial charge in [-0.05, 0) is 61.9 Å². The van der Waals surface area contributed by atoms with Crippen molar-refractivity contribution in [3.63, 3.8) is 0 Å². The van der Waals surface area contributed by atoms with E-state index in [1.807, 2.05) is 11.3 Å². The van der Waals surface area contributed by atoms with Crippen molar-refractivity contribution in [2.45, 2.75) is 38.1 Å². The first kappa shape index (κ1) is 11.5. The monoisotopic (exact) mass is 247 g/mol. The Balaban J connectivity index is 1.56. The van der Waals surface area contributed by atoms with Crippen LogP contribution in [0, 0.1) is 11.8 Å². The van der Waals surface area contributed by atoms with Crippen LogP contribution in [0.4, 0.5) is 0 Å². The standard InChI is InChI=1S/C15H21NS/c1-2-5-12(6-3-1)11-16-15(13-8-9-13)14-7-4-10-17-14/h1-2,4,7,10,12-13,15-16H,3,5-6,8-9,11H2. The predicted octanol–water partition coefficient (Wildman–Crippen LogP) is 4.15. The third kappa shape index (κ3) is 2.99. The quantitative estimate of drug-likeness (QED) is 0.771. The van der Waals surface area contributed by atoms with E-state index in [0.29, 0.717) is 6.04 Å². The Morgan fingerprint density at radius 1 is 1.29 bits per heavy atom. The van der Waals surface area contributed by atoms with E-state index in [1.54, 1.807) is 4.88 Å². The minimum atomic E-state index is 0.640. The molecule has 1 saturated carbocycles. The zero-order valence-electron chi connectivity index (χ0n) is 10.3. The molecule has 0 amide bonds. The largest absolute Gasteiger partial charge is 0.309 e. The van der Waals surface area contributed by atoms with Gasteiger partial charge in [0.2, 0.25) is 0 Å². The Hall–Kier alpha value is -0.600. The van der Waals surface area contributed by atoms with Crippen molar-refractivity contribution in [2.24, 2.45) is 11.8 Å². The number of thiophene rings is 1. The van der Waals surface area contributed by atoms with Crippen molar-refractivity contribution < 1.29 is 0 Å². The molecule has 1 heterocycles. The van der Waals surface area contributed by atoms with Crippen LogP contribution < -0.4 is 5.32 Å². The average Bonchev–Trinajstić information content (AvgIpc) is 3.06. The van der Waals surface area contributed by atoms with Crippen LogP contribution >= 0.6 is 11.3 Å². The molecular weight excluding hydrogens is 226 g/mol. The van der Waals surface area contributed by atoms with Gasteiger partial charge in [-0.3, -0.25) is 0 Å². The van der Waals surface area contributed by atoms with Gasteiger partial charge in [0, 0.05) is 10.9 Å². The average molecular weight is 247 g/mol. The van der Waals surface area contributed by atoms with Crippen molar-refractivity contribution in [1.82, 2.24) is 5.32 Å². The minimum Gasteiger partial charge on any atom is -0.309 e. The van der Waals surface area contributed by atoms with E-state index >= 15 is 0 Å². The molecule has 92 valence electrons. The van der Waals surface area contributed by atoms with Gasteiger partial charge in [0.25, 0.3) is 0 Å². The molecule has 0 aromatic carbocycles. The lowest BCUT2D eigenvalue weighted by Gasteiger charge is -2.23. The molecule has 0 aliphatic heterocycles. The second kappa shape index (κ2) is 5.36. The third-order valence-electron chi connectivity index (χ3n) is 3.95. The van der Waals surface area contributed by atoms with E-state index < -0.39 is 0 Å². The molecular formula is C15H21NS. The fourth-order valence-corrected chi connectivity index (χ4v) is 3.63. The first-order valence-corrected chi connectivity index (χ1v) is 7.73. The molecule has 1 nitrogen and oxygen atoms in total. The molecule has 0 bridgehead atoms. The molecule has 0 spiro atoms. The topological polar surface area (TPSA) is 12.0 Å². The molecule has 2 heteroatoms. The van der Waals surface area contributed by atoms with Gasteiger partial charge >= 0.3 is 0 Å². The second-order valence-electron chi connectivity index (χ2n) is 5.39. The summed E-state index contributed by atoms with van der Waals surface area (Å²) >= 11 is 1.91. The molecule has 1 aromatic rings. The molecule has 17 heavy (non-hydrogen) atoms. The molecule has 3 rings (SSSR count). The molecule has 2 aliphatic carbocycles. The van der Waals surface area contributed by atoms with Crippen LogP contribution in [0.1, 0.15) is 43.0 Å². The highest BCUT2D eigenvalue weighted by Crippen LogP contribution is 2.42. The molecule has 2 unspecified atom stereocenters. The summed E-state index contributed by atoms with van der Waals surface area (Å²) < 4.78 is 0. The summed E-state index contributed by atoms with van der Waals surface area (Å²) in [5.74, 6) is 1.77. The maximum atomic E-state index is 3.83. The fourth-order valence-electron chi connectivity index (χ4n) is 2.73. The maximum absolute atomic E-state index is 3.83. The summed E-state index contributed by atoms with van der Waals surface area (Å²) in [6.07, 6.45) is 11.4. The van der Waals surface area contributed by atoms with Crippen molar-refractivity contribution >= 4 is 11.3 Å².